The number of aliphatic hydroxyl groups excluding tert-OH is 1. The van der Waals surface area contributed by atoms with Crippen LogP contribution in [-0.4, -0.2) is 46.1 Å². The highest BCUT2D eigenvalue weighted by Crippen LogP contribution is 2.65. The number of hydrogen-bond donors (Lipinski definition) is 2. The molecule has 4 aliphatic rings. The minimum absolute atomic E-state index is 0.0129. The van der Waals surface area contributed by atoms with Crippen LogP contribution in [0, 0.1) is 22.7 Å². The summed E-state index contributed by atoms with van der Waals surface area (Å²) >= 11 is 0. The van der Waals surface area contributed by atoms with E-state index in [1.807, 2.05) is 13.0 Å². The number of carbonyl (C=O) groups excluding carboxylic acids is 3. The zero-order chi connectivity index (χ0) is 21.2. The van der Waals surface area contributed by atoms with Gasteiger partial charge in [0.25, 0.3) is 0 Å². The number of Topliss-reactive ketones (excluding diaryl/α,β-unsaturated/α-hetero) is 1. The molecule has 6 atom stereocenters. The van der Waals surface area contributed by atoms with Gasteiger partial charge in [0, 0.05) is 17.8 Å². The number of ether oxygens (including phenoxy) is 1. The van der Waals surface area contributed by atoms with Gasteiger partial charge in [0.15, 0.2) is 18.0 Å². The third kappa shape index (κ3) is 2.65. The Kier molecular flexibility index (Phi) is 4.52. The highest BCUT2D eigenvalue weighted by atomic mass is 16.5. The molecule has 4 aliphatic carbocycles. The van der Waals surface area contributed by atoms with Crippen LogP contribution >= 0.6 is 0 Å². The van der Waals surface area contributed by atoms with E-state index in [2.05, 4.69) is 13.0 Å². The lowest BCUT2D eigenvalue weighted by atomic mass is 9.51. The molecular weight excluding hydrogens is 372 g/mol. The fourth-order valence-corrected chi connectivity index (χ4v) is 6.33. The van der Waals surface area contributed by atoms with Gasteiger partial charge in [-0.25, -0.2) is 0 Å². The number of fused-ring (bicyclic) bond motifs is 5. The molecule has 0 bridgehead atoms. The Labute approximate surface area is 170 Å². The van der Waals surface area contributed by atoms with Gasteiger partial charge in [-0.1, -0.05) is 30.2 Å². The second kappa shape index (κ2) is 6.47. The third-order valence-corrected chi connectivity index (χ3v) is 8.00. The van der Waals surface area contributed by atoms with E-state index in [9.17, 15) is 24.6 Å². The van der Waals surface area contributed by atoms with Crippen LogP contribution in [0.4, 0.5) is 0 Å². The number of allylic oxidation sites excluding steroid dienone is 6. The van der Waals surface area contributed by atoms with Gasteiger partial charge >= 0.3 is 5.97 Å². The first kappa shape index (κ1) is 20.2. The zero-order valence-corrected chi connectivity index (χ0v) is 17.1. The smallest absolute Gasteiger partial charge is 0.303 e. The van der Waals surface area contributed by atoms with Crippen molar-refractivity contribution in [3.8, 4) is 0 Å². The van der Waals surface area contributed by atoms with Crippen LogP contribution in [0.5, 0.6) is 0 Å². The zero-order valence-electron chi connectivity index (χ0n) is 17.1. The van der Waals surface area contributed by atoms with Crippen molar-refractivity contribution in [3.63, 3.8) is 0 Å². The Morgan fingerprint density at radius 1 is 1.31 bits per heavy atom. The molecule has 0 radical (unpaired) electrons. The predicted molar refractivity (Wildman–Crippen MR) is 105 cm³/mol. The average molecular weight is 400 g/mol. The second-order valence-electron chi connectivity index (χ2n) is 9.36. The molecule has 29 heavy (non-hydrogen) atoms. The molecule has 156 valence electrons. The number of ketones is 2. The number of carbonyl (C=O) groups is 3. The minimum Gasteiger partial charge on any atom is -0.458 e. The second-order valence-corrected chi connectivity index (χ2v) is 9.36. The van der Waals surface area contributed by atoms with Crippen molar-refractivity contribution in [3.05, 3.63) is 35.5 Å². The summed E-state index contributed by atoms with van der Waals surface area (Å²) in [6.45, 7) is 4.65. The fourth-order valence-electron chi connectivity index (χ4n) is 6.33. The van der Waals surface area contributed by atoms with E-state index in [0.29, 0.717) is 12.8 Å². The molecule has 0 amide bonds. The highest BCUT2D eigenvalue weighted by molar-refractivity contribution is 6.01. The van der Waals surface area contributed by atoms with E-state index in [1.54, 1.807) is 12.2 Å². The summed E-state index contributed by atoms with van der Waals surface area (Å²) in [5, 5.41) is 22.2. The van der Waals surface area contributed by atoms with E-state index in [1.165, 1.54) is 12.5 Å². The lowest BCUT2D eigenvalue weighted by Crippen LogP contribution is -2.59. The molecule has 0 aromatic heterocycles. The lowest BCUT2D eigenvalue weighted by molar-refractivity contribution is -0.174. The van der Waals surface area contributed by atoms with E-state index < -0.39 is 35.5 Å². The van der Waals surface area contributed by atoms with Gasteiger partial charge in [-0.2, -0.15) is 0 Å². The Morgan fingerprint density at radius 2 is 2.03 bits per heavy atom. The van der Waals surface area contributed by atoms with Gasteiger partial charge in [0.1, 0.15) is 0 Å². The third-order valence-electron chi connectivity index (χ3n) is 8.00. The maximum absolute atomic E-state index is 12.9. The van der Waals surface area contributed by atoms with Gasteiger partial charge in [-0.3, -0.25) is 14.4 Å². The summed E-state index contributed by atoms with van der Waals surface area (Å²) in [7, 11) is 0. The molecular formula is C23H28O6. The standard InChI is InChI=1S/C23H28O6/c1-13(24)29-12-20(27)23(28)19(26)11-18-16-5-4-14-10-15(25)6-8-21(14,2)17(16)7-9-22(18,23)3/h6-8,10,16,18-19,26,28H,4-5,9,11-12H2,1-3H3/t16?,18-,19+,21-,22-,23-/m0/s1. The van der Waals surface area contributed by atoms with Crippen LogP contribution in [0.1, 0.15) is 46.5 Å². The molecule has 2 N–H and O–H groups in total. The lowest BCUT2D eigenvalue weighted by Gasteiger charge is -2.53. The number of aliphatic hydroxyl groups is 2. The van der Waals surface area contributed by atoms with Crippen molar-refractivity contribution in [1.82, 2.24) is 0 Å². The van der Waals surface area contributed by atoms with E-state index in [-0.39, 0.29) is 23.0 Å². The number of rotatable bonds is 3. The normalized spacial score (nSPS) is 42.9. The highest BCUT2D eigenvalue weighted by Gasteiger charge is 2.68. The van der Waals surface area contributed by atoms with Crippen molar-refractivity contribution >= 4 is 17.5 Å². The monoisotopic (exact) mass is 400 g/mol. The molecule has 2 fully saturated rings. The first-order valence-electron chi connectivity index (χ1n) is 10.3. The SMILES string of the molecule is CC(=O)OCC(=O)[C@@]1(O)[C@H](O)C[C@H]2C3CCC4=CC(=O)C=C[C@]4(C)C3=CC[C@@]21C. The molecule has 0 aromatic carbocycles. The molecule has 0 spiro atoms. The van der Waals surface area contributed by atoms with Crippen LogP contribution in [0.2, 0.25) is 0 Å². The van der Waals surface area contributed by atoms with Gasteiger partial charge in [0.2, 0.25) is 5.78 Å². The van der Waals surface area contributed by atoms with Gasteiger partial charge in [-0.05, 0) is 56.6 Å². The topological polar surface area (TPSA) is 101 Å². The number of esters is 1. The van der Waals surface area contributed by atoms with Crippen LogP contribution in [0.3, 0.4) is 0 Å². The van der Waals surface area contributed by atoms with Crippen molar-refractivity contribution in [2.24, 2.45) is 22.7 Å². The predicted octanol–water partition coefficient (Wildman–Crippen LogP) is 2.05. The Bertz CT molecular complexity index is 882. The quantitative estimate of drug-likeness (QED) is 0.555. The Balaban J connectivity index is 1.71. The van der Waals surface area contributed by atoms with Crippen LogP contribution < -0.4 is 0 Å². The van der Waals surface area contributed by atoms with Crippen molar-refractivity contribution < 1.29 is 29.3 Å². The average Bonchev–Trinajstić information content (AvgIpc) is 2.88. The first-order chi connectivity index (χ1) is 13.5. The molecule has 6 heteroatoms. The first-order valence-corrected chi connectivity index (χ1v) is 10.3. The molecule has 0 saturated heterocycles. The van der Waals surface area contributed by atoms with Crippen LogP contribution in [0.15, 0.2) is 35.5 Å². The Morgan fingerprint density at radius 3 is 2.72 bits per heavy atom. The molecule has 0 aromatic rings. The molecule has 0 heterocycles. The number of hydrogen-bond acceptors (Lipinski definition) is 6. The summed E-state index contributed by atoms with van der Waals surface area (Å²) in [6.07, 6.45) is 8.54. The summed E-state index contributed by atoms with van der Waals surface area (Å²) in [5.74, 6) is -1.20. The van der Waals surface area contributed by atoms with Crippen molar-refractivity contribution in [1.29, 1.82) is 0 Å². The molecule has 4 rings (SSSR count). The summed E-state index contributed by atoms with van der Waals surface area (Å²) in [4.78, 5) is 35.8. The minimum atomic E-state index is -1.95. The molecule has 2 saturated carbocycles. The van der Waals surface area contributed by atoms with Gasteiger partial charge in [-0.15, -0.1) is 0 Å². The largest absolute Gasteiger partial charge is 0.458 e. The molecule has 1 unspecified atom stereocenters. The summed E-state index contributed by atoms with van der Waals surface area (Å²) in [6, 6.07) is 0. The summed E-state index contributed by atoms with van der Waals surface area (Å²) in [5.41, 5.74) is -0.805. The van der Waals surface area contributed by atoms with Crippen LogP contribution in [-0.2, 0) is 19.1 Å². The van der Waals surface area contributed by atoms with Crippen molar-refractivity contribution in [2.45, 2.75) is 58.2 Å². The van der Waals surface area contributed by atoms with Crippen LogP contribution in [0.25, 0.3) is 0 Å². The maximum atomic E-state index is 12.9. The van der Waals surface area contributed by atoms with Crippen molar-refractivity contribution in [2.75, 3.05) is 6.61 Å². The summed E-state index contributed by atoms with van der Waals surface area (Å²) < 4.78 is 4.83. The van der Waals surface area contributed by atoms with Gasteiger partial charge < -0.3 is 14.9 Å². The van der Waals surface area contributed by atoms with E-state index in [0.717, 1.165) is 18.4 Å². The van der Waals surface area contributed by atoms with Gasteiger partial charge in [0.05, 0.1) is 6.10 Å². The molecule has 0 aliphatic heterocycles. The fraction of sp³-hybridized carbons (Fsp3) is 0.609. The van der Waals surface area contributed by atoms with E-state index >= 15 is 0 Å². The molecule has 6 nitrogen and oxygen atoms in total. The van der Waals surface area contributed by atoms with E-state index in [4.69, 9.17) is 4.74 Å². The maximum Gasteiger partial charge on any atom is 0.303 e. The Hall–Kier alpha value is -2.05.